The molecular weight excluding hydrogens is 468 g/mol. The number of hydrogen-bond acceptors (Lipinski definition) is 3. The van der Waals surface area contributed by atoms with Crippen molar-refractivity contribution in [2.75, 3.05) is 6.54 Å². The van der Waals surface area contributed by atoms with Crippen molar-refractivity contribution < 1.29 is 14.3 Å². The fraction of sp³-hybridized carbons (Fsp3) is 0.231. The molecule has 166 valence electrons. The predicted octanol–water partition coefficient (Wildman–Crippen LogP) is 6.56. The maximum atomic E-state index is 13.6. The van der Waals surface area contributed by atoms with Crippen molar-refractivity contribution in [3.8, 4) is 11.5 Å². The summed E-state index contributed by atoms with van der Waals surface area (Å²) in [6.07, 6.45) is 0. The van der Waals surface area contributed by atoms with Gasteiger partial charge in [0.15, 0.2) is 0 Å². The molecule has 0 aromatic heterocycles. The van der Waals surface area contributed by atoms with E-state index in [1.807, 2.05) is 70.2 Å². The van der Waals surface area contributed by atoms with Crippen LogP contribution in [0, 0.1) is 0 Å². The van der Waals surface area contributed by atoms with Crippen molar-refractivity contribution in [2.45, 2.75) is 33.2 Å². The lowest BCUT2D eigenvalue weighted by Crippen LogP contribution is -2.58. The lowest BCUT2D eigenvalue weighted by Gasteiger charge is -2.43. The maximum absolute atomic E-state index is 13.6. The number of carbonyl (C=O) groups is 2. The van der Waals surface area contributed by atoms with E-state index in [9.17, 15) is 9.59 Å². The molecule has 0 fully saturated rings. The average Bonchev–Trinajstić information content (AvgIpc) is 2.77. The number of hydrazine groups is 1. The second kappa shape index (κ2) is 10.0. The zero-order valence-electron chi connectivity index (χ0n) is 18.7. The summed E-state index contributed by atoms with van der Waals surface area (Å²) >= 11 is 3.46. The molecular formula is C26H27BrN2O3. The molecule has 0 atom stereocenters. The Bertz CT molecular complexity index is 1090. The smallest absolute Gasteiger partial charge is 0.274 e. The number of carbonyl (C=O) groups excluding carboxylic acids is 2. The molecule has 3 aromatic rings. The third kappa shape index (κ3) is 5.37. The number of para-hydroxylation sites is 1. The van der Waals surface area contributed by atoms with E-state index in [1.54, 1.807) is 36.4 Å². The highest BCUT2D eigenvalue weighted by molar-refractivity contribution is 9.10. The number of hydrogen-bond donors (Lipinski definition) is 0. The Balaban J connectivity index is 1.94. The van der Waals surface area contributed by atoms with Crippen molar-refractivity contribution >= 4 is 27.7 Å². The lowest BCUT2D eigenvalue weighted by atomic mass is 10.1. The number of amides is 2. The van der Waals surface area contributed by atoms with Crippen LogP contribution >= 0.6 is 15.9 Å². The number of rotatable bonds is 5. The maximum Gasteiger partial charge on any atom is 0.274 e. The molecule has 32 heavy (non-hydrogen) atoms. The number of ether oxygens (including phenoxy) is 1. The van der Waals surface area contributed by atoms with Gasteiger partial charge in [-0.1, -0.05) is 36.4 Å². The van der Waals surface area contributed by atoms with Gasteiger partial charge in [0.05, 0.1) is 11.1 Å². The fourth-order valence-electron chi connectivity index (χ4n) is 3.37. The SMILES string of the molecule is CCN(C(=O)c1cccc(Oc2ccccc2)c1)N(C(=O)c1ccccc1Br)C(C)(C)C. The lowest BCUT2D eigenvalue weighted by molar-refractivity contribution is -0.0411. The number of halogens is 1. The summed E-state index contributed by atoms with van der Waals surface area (Å²) in [5.41, 5.74) is 0.306. The summed E-state index contributed by atoms with van der Waals surface area (Å²) in [7, 11) is 0. The van der Waals surface area contributed by atoms with Crippen molar-refractivity contribution in [3.05, 3.63) is 94.5 Å². The molecule has 0 unspecified atom stereocenters. The van der Waals surface area contributed by atoms with E-state index in [2.05, 4.69) is 15.9 Å². The Morgan fingerprint density at radius 2 is 1.47 bits per heavy atom. The minimum absolute atomic E-state index is 0.253. The van der Waals surface area contributed by atoms with Crippen LogP contribution in [-0.2, 0) is 0 Å². The van der Waals surface area contributed by atoms with E-state index in [-0.39, 0.29) is 11.8 Å². The van der Waals surface area contributed by atoms with Crippen LogP contribution in [0.2, 0.25) is 0 Å². The van der Waals surface area contributed by atoms with E-state index in [0.717, 1.165) is 0 Å². The second-order valence-corrected chi connectivity index (χ2v) is 9.09. The van der Waals surface area contributed by atoms with Crippen molar-refractivity contribution in [2.24, 2.45) is 0 Å². The number of benzene rings is 3. The summed E-state index contributed by atoms with van der Waals surface area (Å²) in [5, 5.41) is 3.02. The molecule has 0 saturated heterocycles. The molecule has 2 amide bonds. The van der Waals surface area contributed by atoms with Gasteiger partial charge in [-0.2, -0.15) is 0 Å². The van der Waals surface area contributed by atoms with Crippen LogP contribution in [0.3, 0.4) is 0 Å². The Kier molecular flexibility index (Phi) is 7.36. The van der Waals surface area contributed by atoms with Crippen LogP contribution in [0.4, 0.5) is 0 Å². The van der Waals surface area contributed by atoms with Gasteiger partial charge in [0, 0.05) is 16.6 Å². The Labute approximate surface area is 197 Å². The first-order chi connectivity index (χ1) is 15.2. The van der Waals surface area contributed by atoms with Crippen molar-refractivity contribution in [1.29, 1.82) is 0 Å². The molecule has 0 heterocycles. The Hall–Kier alpha value is -3.12. The zero-order valence-corrected chi connectivity index (χ0v) is 20.3. The number of nitrogens with zero attached hydrogens (tertiary/aromatic N) is 2. The Morgan fingerprint density at radius 1 is 0.844 bits per heavy atom. The van der Waals surface area contributed by atoms with Gasteiger partial charge in [0.2, 0.25) is 0 Å². The van der Waals surface area contributed by atoms with Crippen molar-refractivity contribution in [3.63, 3.8) is 0 Å². The van der Waals surface area contributed by atoms with E-state index in [1.165, 1.54) is 10.0 Å². The summed E-state index contributed by atoms with van der Waals surface area (Å²) < 4.78 is 6.57. The highest BCUT2D eigenvalue weighted by Gasteiger charge is 2.36. The van der Waals surface area contributed by atoms with Crippen molar-refractivity contribution in [1.82, 2.24) is 10.0 Å². The minimum atomic E-state index is -0.629. The normalized spacial score (nSPS) is 11.0. The zero-order chi connectivity index (χ0) is 23.3. The molecule has 0 spiro atoms. The van der Waals surface area contributed by atoms with Crippen LogP contribution in [0.25, 0.3) is 0 Å². The van der Waals surface area contributed by atoms with E-state index >= 15 is 0 Å². The van der Waals surface area contributed by atoms with E-state index in [0.29, 0.717) is 33.6 Å². The summed E-state index contributed by atoms with van der Waals surface area (Å²) in [5.74, 6) is 0.709. The quantitative estimate of drug-likeness (QED) is 0.377. The van der Waals surface area contributed by atoms with Gasteiger partial charge in [0.1, 0.15) is 11.5 Å². The summed E-state index contributed by atoms with van der Waals surface area (Å²) in [6, 6.07) is 23.6. The molecule has 0 aliphatic carbocycles. The molecule has 0 saturated carbocycles. The fourth-order valence-corrected chi connectivity index (χ4v) is 3.82. The molecule has 0 aliphatic rings. The van der Waals surface area contributed by atoms with Gasteiger partial charge in [0.25, 0.3) is 11.8 Å². The van der Waals surface area contributed by atoms with Gasteiger partial charge in [-0.05, 0) is 86.1 Å². The first-order valence-electron chi connectivity index (χ1n) is 10.5. The van der Waals surface area contributed by atoms with Gasteiger partial charge >= 0.3 is 0 Å². The summed E-state index contributed by atoms with van der Waals surface area (Å²) in [4.78, 5) is 27.1. The predicted molar refractivity (Wildman–Crippen MR) is 130 cm³/mol. The largest absolute Gasteiger partial charge is 0.457 e. The first kappa shape index (κ1) is 23.5. The molecule has 3 rings (SSSR count). The Morgan fingerprint density at radius 3 is 2.09 bits per heavy atom. The van der Waals surface area contributed by atoms with Gasteiger partial charge < -0.3 is 4.74 Å². The van der Waals surface area contributed by atoms with Gasteiger partial charge in [-0.3, -0.25) is 9.59 Å². The summed E-state index contributed by atoms with van der Waals surface area (Å²) in [6.45, 7) is 7.91. The molecule has 5 nitrogen and oxygen atoms in total. The van der Waals surface area contributed by atoms with Crippen LogP contribution < -0.4 is 4.74 Å². The van der Waals surface area contributed by atoms with Crippen LogP contribution in [0.5, 0.6) is 11.5 Å². The molecule has 3 aromatic carbocycles. The molecule has 0 bridgehead atoms. The van der Waals surface area contributed by atoms with Crippen LogP contribution in [0.1, 0.15) is 48.4 Å². The van der Waals surface area contributed by atoms with E-state index in [4.69, 9.17) is 4.74 Å². The minimum Gasteiger partial charge on any atom is -0.457 e. The van der Waals surface area contributed by atoms with Gasteiger partial charge in [-0.25, -0.2) is 10.0 Å². The first-order valence-corrected chi connectivity index (χ1v) is 11.3. The molecule has 0 N–H and O–H groups in total. The highest BCUT2D eigenvalue weighted by Crippen LogP contribution is 2.27. The standard InChI is InChI=1S/C26H27BrN2O3/c1-5-28(29(26(2,3)4)25(31)22-16-9-10-17-23(22)27)24(30)19-12-11-15-21(18-19)32-20-13-7-6-8-14-20/h6-18H,5H2,1-4H3. The highest BCUT2D eigenvalue weighted by atomic mass is 79.9. The second-order valence-electron chi connectivity index (χ2n) is 8.23. The molecule has 0 aliphatic heterocycles. The monoisotopic (exact) mass is 494 g/mol. The third-order valence-electron chi connectivity index (χ3n) is 4.77. The molecule has 0 radical (unpaired) electrons. The third-order valence-corrected chi connectivity index (χ3v) is 5.46. The van der Waals surface area contributed by atoms with Crippen LogP contribution in [-0.4, -0.2) is 33.9 Å². The van der Waals surface area contributed by atoms with Gasteiger partial charge in [-0.15, -0.1) is 0 Å². The van der Waals surface area contributed by atoms with E-state index < -0.39 is 5.54 Å². The van der Waals surface area contributed by atoms with Crippen LogP contribution in [0.15, 0.2) is 83.3 Å². The average molecular weight is 495 g/mol. The molecule has 6 heteroatoms. The topological polar surface area (TPSA) is 49.9 Å².